The van der Waals surface area contributed by atoms with Crippen LogP contribution in [-0.2, 0) is 10.0 Å². The normalized spacial score (nSPS) is 11.1. The van der Waals surface area contributed by atoms with Gasteiger partial charge in [-0.25, -0.2) is 17.2 Å². The number of hydrogen-bond donors (Lipinski definition) is 2. The summed E-state index contributed by atoms with van der Waals surface area (Å²) in [5.74, 6) is -1.30. The van der Waals surface area contributed by atoms with E-state index in [4.69, 9.17) is 5.73 Å². The molecule has 0 heterocycles. The highest BCUT2D eigenvalue weighted by molar-refractivity contribution is 7.92. The molecule has 21 heavy (non-hydrogen) atoms. The summed E-state index contributed by atoms with van der Waals surface area (Å²) in [7, 11) is -4.00. The van der Waals surface area contributed by atoms with Crippen molar-refractivity contribution in [3.8, 4) is 0 Å². The second-order valence-corrected chi connectivity index (χ2v) is 6.24. The Morgan fingerprint density at radius 3 is 2.48 bits per heavy atom. The number of halogens is 2. The van der Waals surface area contributed by atoms with Gasteiger partial charge < -0.3 is 5.73 Å². The lowest BCUT2D eigenvalue weighted by atomic mass is 10.2. The average molecular weight is 328 g/mol. The zero-order valence-corrected chi connectivity index (χ0v) is 12.1. The molecule has 0 atom stereocenters. The van der Waals surface area contributed by atoms with Gasteiger partial charge in [-0.3, -0.25) is 4.72 Å². The highest BCUT2D eigenvalue weighted by Crippen LogP contribution is 2.19. The summed E-state index contributed by atoms with van der Waals surface area (Å²) < 4.78 is 53.0. The van der Waals surface area contributed by atoms with Crippen molar-refractivity contribution in [3.63, 3.8) is 0 Å². The molecule has 2 aromatic carbocycles. The first-order valence-corrected chi connectivity index (χ1v) is 7.56. The molecule has 0 aliphatic carbocycles. The predicted octanol–water partition coefficient (Wildman–Crippen LogP) is 2.40. The lowest BCUT2D eigenvalue weighted by Gasteiger charge is -2.09. The Bertz CT molecular complexity index is 808. The van der Waals surface area contributed by atoms with Gasteiger partial charge in [0.15, 0.2) is 0 Å². The standard InChI is InChI=1S/C13H10F2N2O2S2/c14-8-2-1-3-9(6-8)17-21(18,19)10-4-5-12(15)11(7-10)13(16)20/h1-7,17H,(H2,16,20). The summed E-state index contributed by atoms with van der Waals surface area (Å²) in [6.07, 6.45) is 0. The Balaban J connectivity index is 2.40. The Morgan fingerprint density at radius 2 is 1.86 bits per heavy atom. The summed E-state index contributed by atoms with van der Waals surface area (Å²) in [4.78, 5) is -0.480. The Morgan fingerprint density at radius 1 is 1.14 bits per heavy atom. The fourth-order valence-electron chi connectivity index (χ4n) is 1.63. The quantitative estimate of drug-likeness (QED) is 0.846. The number of nitrogens with two attached hydrogens (primary N) is 1. The number of benzene rings is 2. The minimum absolute atomic E-state index is 0.0520. The van der Waals surface area contributed by atoms with Crippen LogP contribution in [0.15, 0.2) is 47.4 Å². The molecular weight excluding hydrogens is 318 g/mol. The molecule has 0 amide bonds. The van der Waals surface area contributed by atoms with Crippen molar-refractivity contribution in [2.75, 3.05) is 4.72 Å². The SMILES string of the molecule is NC(=S)c1cc(S(=O)(=O)Nc2cccc(F)c2)ccc1F. The molecule has 110 valence electrons. The van der Waals surface area contributed by atoms with Crippen LogP contribution in [0.3, 0.4) is 0 Å². The maximum atomic E-state index is 13.5. The van der Waals surface area contributed by atoms with Gasteiger partial charge in [0.1, 0.15) is 16.6 Å². The van der Waals surface area contributed by atoms with Crippen LogP contribution in [0, 0.1) is 11.6 Å². The molecule has 0 saturated heterocycles. The van der Waals surface area contributed by atoms with E-state index in [1.54, 1.807) is 0 Å². The average Bonchev–Trinajstić information content (AvgIpc) is 2.38. The van der Waals surface area contributed by atoms with Crippen molar-refractivity contribution in [3.05, 3.63) is 59.7 Å². The molecule has 8 heteroatoms. The van der Waals surface area contributed by atoms with Gasteiger partial charge in [-0.05, 0) is 36.4 Å². The minimum Gasteiger partial charge on any atom is -0.389 e. The fourth-order valence-corrected chi connectivity index (χ4v) is 2.86. The van der Waals surface area contributed by atoms with E-state index in [1.807, 2.05) is 0 Å². The van der Waals surface area contributed by atoms with Crippen LogP contribution in [0.4, 0.5) is 14.5 Å². The summed E-state index contributed by atoms with van der Waals surface area (Å²) in [6, 6.07) is 8.00. The fraction of sp³-hybridized carbons (Fsp3) is 0. The van der Waals surface area contributed by atoms with E-state index in [-0.39, 0.29) is 21.1 Å². The number of nitrogens with one attached hydrogen (secondary N) is 1. The zero-order valence-electron chi connectivity index (χ0n) is 10.5. The summed E-state index contributed by atoms with van der Waals surface area (Å²) in [5, 5.41) is 0. The molecule has 0 unspecified atom stereocenters. The molecular formula is C13H10F2N2O2S2. The van der Waals surface area contributed by atoms with Crippen molar-refractivity contribution >= 4 is 32.9 Å². The molecule has 0 aliphatic rings. The van der Waals surface area contributed by atoms with Gasteiger partial charge in [-0.2, -0.15) is 0 Å². The molecule has 0 bridgehead atoms. The Kier molecular flexibility index (Phi) is 4.19. The molecule has 3 N–H and O–H groups in total. The maximum absolute atomic E-state index is 13.5. The second kappa shape index (κ2) is 5.74. The van der Waals surface area contributed by atoms with Crippen molar-refractivity contribution in [2.45, 2.75) is 4.90 Å². The molecule has 0 fully saturated rings. The van der Waals surface area contributed by atoms with Crippen LogP contribution in [0.5, 0.6) is 0 Å². The first kappa shape index (κ1) is 15.3. The van der Waals surface area contributed by atoms with Crippen molar-refractivity contribution < 1.29 is 17.2 Å². The molecule has 0 radical (unpaired) electrons. The molecule has 2 aromatic rings. The second-order valence-electron chi connectivity index (χ2n) is 4.12. The van der Waals surface area contributed by atoms with Gasteiger partial charge in [-0.15, -0.1) is 0 Å². The largest absolute Gasteiger partial charge is 0.389 e. The monoisotopic (exact) mass is 328 g/mol. The number of sulfonamides is 1. The van der Waals surface area contributed by atoms with Gasteiger partial charge in [-0.1, -0.05) is 18.3 Å². The van der Waals surface area contributed by atoms with Gasteiger partial charge in [0, 0.05) is 5.56 Å². The summed E-state index contributed by atoms with van der Waals surface area (Å²) in [5.41, 5.74) is 5.20. The van der Waals surface area contributed by atoms with Gasteiger partial charge in [0.2, 0.25) is 0 Å². The number of hydrogen-bond acceptors (Lipinski definition) is 3. The molecule has 4 nitrogen and oxygen atoms in total. The van der Waals surface area contributed by atoms with E-state index < -0.39 is 21.7 Å². The number of anilines is 1. The van der Waals surface area contributed by atoms with Crippen molar-refractivity contribution in [1.82, 2.24) is 0 Å². The van der Waals surface area contributed by atoms with E-state index in [9.17, 15) is 17.2 Å². The third kappa shape index (κ3) is 3.53. The number of thiocarbonyl (C=S) groups is 1. The van der Waals surface area contributed by atoms with E-state index in [0.717, 1.165) is 24.3 Å². The molecule has 0 aromatic heterocycles. The van der Waals surface area contributed by atoms with Gasteiger partial charge in [0.05, 0.1) is 10.6 Å². The third-order valence-corrected chi connectivity index (χ3v) is 4.19. The minimum atomic E-state index is -4.00. The van der Waals surface area contributed by atoms with Gasteiger partial charge in [0.25, 0.3) is 10.0 Å². The van der Waals surface area contributed by atoms with Gasteiger partial charge >= 0.3 is 0 Å². The Labute approximate surface area is 125 Å². The van der Waals surface area contributed by atoms with Crippen LogP contribution in [0.2, 0.25) is 0 Å². The topological polar surface area (TPSA) is 72.2 Å². The summed E-state index contributed by atoms with van der Waals surface area (Å²) >= 11 is 4.65. The summed E-state index contributed by atoms with van der Waals surface area (Å²) in [6.45, 7) is 0. The Hall–Kier alpha value is -2.06. The van der Waals surface area contributed by atoms with E-state index in [2.05, 4.69) is 16.9 Å². The van der Waals surface area contributed by atoms with E-state index >= 15 is 0 Å². The molecule has 0 aliphatic heterocycles. The predicted molar refractivity (Wildman–Crippen MR) is 79.5 cm³/mol. The van der Waals surface area contributed by atoms with E-state index in [0.29, 0.717) is 0 Å². The van der Waals surface area contributed by atoms with E-state index in [1.165, 1.54) is 18.2 Å². The van der Waals surface area contributed by atoms with Crippen LogP contribution in [-0.4, -0.2) is 13.4 Å². The molecule has 0 saturated carbocycles. The number of rotatable bonds is 4. The molecule has 2 rings (SSSR count). The third-order valence-electron chi connectivity index (χ3n) is 2.59. The first-order valence-electron chi connectivity index (χ1n) is 5.67. The van der Waals surface area contributed by atoms with Crippen LogP contribution < -0.4 is 10.5 Å². The maximum Gasteiger partial charge on any atom is 0.261 e. The zero-order chi connectivity index (χ0) is 15.6. The lowest BCUT2D eigenvalue weighted by Crippen LogP contribution is -2.16. The van der Waals surface area contributed by atoms with Crippen LogP contribution >= 0.6 is 12.2 Å². The highest BCUT2D eigenvalue weighted by atomic mass is 32.2. The van der Waals surface area contributed by atoms with Crippen LogP contribution in [0.25, 0.3) is 0 Å². The van der Waals surface area contributed by atoms with Crippen molar-refractivity contribution in [1.29, 1.82) is 0 Å². The highest BCUT2D eigenvalue weighted by Gasteiger charge is 2.17. The van der Waals surface area contributed by atoms with Crippen LogP contribution in [0.1, 0.15) is 5.56 Å². The molecule has 0 spiro atoms. The van der Waals surface area contributed by atoms with Crippen molar-refractivity contribution in [2.24, 2.45) is 5.73 Å². The first-order chi connectivity index (χ1) is 9.79. The lowest BCUT2D eigenvalue weighted by molar-refractivity contribution is 0.599. The smallest absolute Gasteiger partial charge is 0.261 e.